The Bertz CT molecular complexity index is 1020. The van der Waals surface area contributed by atoms with E-state index in [0.29, 0.717) is 0 Å². The first-order valence-electron chi connectivity index (χ1n) is 8.52. The predicted molar refractivity (Wildman–Crippen MR) is 97.6 cm³/mol. The molecule has 2 aromatic carbocycles. The van der Waals surface area contributed by atoms with Crippen LogP contribution in [-0.2, 0) is 0 Å². The van der Waals surface area contributed by atoms with Crippen molar-refractivity contribution in [2.75, 3.05) is 0 Å². The standard InChI is InChI=1S/C21H19N3/c1-14-2-11-21(17-7-5-16(6-8-17)15-3-4-15)24(14)19-10-9-18-13-22-23-20(18)12-19/h2,5-13,15H,3-4H2,1H3,(H,22,23). The second kappa shape index (κ2) is 5.10. The van der Waals surface area contributed by atoms with E-state index < -0.39 is 0 Å². The molecule has 1 saturated carbocycles. The molecule has 3 nitrogen and oxygen atoms in total. The number of aromatic nitrogens is 3. The number of rotatable bonds is 3. The number of H-pyrrole nitrogens is 1. The molecule has 0 unspecified atom stereocenters. The van der Waals surface area contributed by atoms with Gasteiger partial charge in [-0.1, -0.05) is 24.3 Å². The quantitative estimate of drug-likeness (QED) is 0.553. The van der Waals surface area contributed by atoms with Gasteiger partial charge in [0.05, 0.1) is 17.4 Å². The number of fused-ring (bicyclic) bond motifs is 1. The number of aryl methyl sites for hydroxylation is 1. The maximum Gasteiger partial charge on any atom is 0.0671 e. The van der Waals surface area contributed by atoms with Crippen LogP contribution in [0.1, 0.15) is 30.0 Å². The lowest BCUT2D eigenvalue weighted by atomic mass is 10.1. The summed E-state index contributed by atoms with van der Waals surface area (Å²) in [7, 11) is 0. The van der Waals surface area contributed by atoms with Crippen molar-refractivity contribution in [2.24, 2.45) is 0 Å². The van der Waals surface area contributed by atoms with Gasteiger partial charge in [0.2, 0.25) is 0 Å². The molecule has 0 bridgehead atoms. The summed E-state index contributed by atoms with van der Waals surface area (Å²) < 4.78 is 2.31. The van der Waals surface area contributed by atoms with Gasteiger partial charge in [-0.05, 0) is 67.1 Å². The minimum Gasteiger partial charge on any atom is -0.314 e. The van der Waals surface area contributed by atoms with Crippen molar-refractivity contribution >= 4 is 10.9 Å². The van der Waals surface area contributed by atoms with Crippen molar-refractivity contribution in [1.29, 1.82) is 0 Å². The minimum absolute atomic E-state index is 0.801. The normalized spacial score (nSPS) is 14.4. The summed E-state index contributed by atoms with van der Waals surface area (Å²) in [6.07, 6.45) is 4.55. The van der Waals surface area contributed by atoms with Gasteiger partial charge in [0.1, 0.15) is 0 Å². The zero-order chi connectivity index (χ0) is 16.1. The third kappa shape index (κ3) is 2.16. The van der Waals surface area contributed by atoms with Crippen molar-refractivity contribution in [2.45, 2.75) is 25.7 Å². The van der Waals surface area contributed by atoms with Crippen molar-refractivity contribution in [3.8, 4) is 16.9 Å². The number of nitrogens with zero attached hydrogens (tertiary/aromatic N) is 2. The van der Waals surface area contributed by atoms with Gasteiger partial charge in [-0.3, -0.25) is 5.10 Å². The number of nitrogens with one attached hydrogen (secondary N) is 1. The lowest BCUT2D eigenvalue weighted by Crippen LogP contribution is -1.99. The fourth-order valence-corrected chi connectivity index (χ4v) is 3.51. The molecule has 0 atom stereocenters. The third-order valence-corrected chi connectivity index (χ3v) is 5.01. The summed E-state index contributed by atoms with van der Waals surface area (Å²) in [5, 5.41) is 8.33. The highest BCUT2D eigenvalue weighted by Crippen LogP contribution is 2.40. The molecule has 0 amide bonds. The molecule has 0 saturated heterocycles. The Morgan fingerprint density at radius 1 is 1.00 bits per heavy atom. The molecule has 5 rings (SSSR count). The molecule has 4 aromatic rings. The summed E-state index contributed by atoms with van der Waals surface area (Å²) in [6, 6.07) is 19.9. The van der Waals surface area contributed by atoms with E-state index in [9.17, 15) is 0 Å². The highest BCUT2D eigenvalue weighted by molar-refractivity contribution is 5.80. The van der Waals surface area contributed by atoms with Crippen LogP contribution in [0.25, 0.3) is 27.8 Å². The Kier molecular flexibility index (Phi) is 2.89. The molecule has 1 aliphatic carbocycles. The zero-order valence-corrected chi connectivity index (χ0v) is 13.7. The fourth-order valence-electron chi connectivity index (χ4n) is 3.51. The van der Waals surface area contributed by atoms with E-state index in [4.69, 9.17) is 0 Å². The maximum atomic E-state index is 4.12. The van der Waals surface area contributed by atoms with Crippen molar-refractivity contribution in [1.82, 2.24) is 14.8 Å². The molecule has 118 valence electrons. The van der Waals surface area contributed by atoms with Gasteiger partial charge in [0.25, 0.3) is 0 Å². The Hall–Kier alpha value is -2.81. The number of hydrogen-bond donors (Lipinski definition) is 1. The molecule has 0 radical (unpaired) electrons. The van der Waals surface area contributed by atoms with Crippen LogP contribution in [-0.4, -0.2) is 14.8 Å². The second-order valence-electron chi connectivity index (χ2n) is 6.73. The molecular weight excluding hydrogens is 294 g/mol. The predicted octanol–water partition coefficient (Wildman–Crippen LogP) is 5.21. The highest BCUT2D eigenvalue weighted by atomic mass is 15.1. The molecule has 2 heterocycles. The van der Waals surface area contributed by atoms with E-state index in [1.165, 1.54) is 35.4 Å². The smallest absolute Gasteiger partial charge is 0.0671 e. The SMILES string of the molecule is Cc1ccc(-c2ccc(C3CC3)cc2)n1-c1ccc2cn[nH]c2c1. The lowest BCUT2D eigenvalue weighted by molar-refractivity contribution is 1.02. The first-order chi connectivity index (χ1) is 11.8. The first kappa shape index (κ1) is 13.6. The van der Waals surface area contributed by atoms with Crippen LogP contribution >= 0.6 is 0 Å². The van der Waals surface area contributed by atoms with Gasteiger partial charge in [0, 0.05) is 16.8 Å². The van der Waals surface area contributed by atoms with Crippen LogP contribution in [0.3, 0.4) is 0 Å². The van der Waals surface area contributed by atoms with Gasteiger partial charge < -0.3 is 4.57 Å². The first-order valence-corrected chi connectivity index (χ1v) is 8.52. The van der Waals surface area contributed by atoms with Gasteiger partial charge in [0.15, 0.2) is 0 Å². The Morgan fingerprint density at radius 3 is 2.62 bits per heavy atom. The molecule has 2 aromatic heterocycles. The molecule has 1 fully saturated rings. The van der Waals surface area contributed by atoms with Crippen LogP contribution in [0.15, 0.2) is 60.8 Å². The van der Waals surface area contributed by atoms with Crippen LogP contribution < -0.4 is 0 Å². The summed E-state index contributed by atoms with van der Waals surface area (Å²) in [6.45, 7) is 2.15. The molecule has 1 N–H and O–H groups in total. The average Bonchev–Trinajstić information content (AvgIpc) is 3.23. The fraction of sp³-hybridized carbons (Fsp3) is 0.190. The van der Waals surface area contributed by atoms with Crippen LogP contribution in [0, 0.1) is 6.92 Å². The van der Waals surface area contributed by atoms with Gasteiger partial charge in [-0.25, -0.2) is 0 Å². The van der Waals surface area contributed by atoms with E-state index >= 15 is 0 Å². The zero-order valence-electron chi connectivity index (χ0n) is 13.7. The van der Waals surface area contributed by atoms with Crippen molar-refractivity contribution in [3.63, 3.8) is 0 Å². The third-order valence-electron chi connectivity index (χ3n) is 5.01. The van der Waals surface area contributed by atoms with Crippen molar-refractivity contribution < 1.29 is 0 Å². The van der Waals surface area contributed by atoms with Gasteiger partial charge >= 0.3 is 0 Å². The van der Waals surface area contributed by atoms with Crippen molar-refractivity contribution in [3.05, 3.63) is 72.1 Å². The average molecular weight is 313 g/mol. The Labute approximate surface area is 140 Å². The maximum absolute atomic E-state index is 4.12. The van der Waals surface area contributed by atoms with E-state index in [1.807, 2.05) is 6.20 Å². The number of benzene rings is 2. The van der Waals surface area contributed by atoms with Crippen LogP contribution in [0.2, 0.25) is 0 Å². The summed E-state index contributed by atoms with van der Waals surface area (Å²) in [4.78, 5) is 0. The second-order valence-corrected chi connectivity index (χ2v) is 6.73. The Morgan fingerprint density at radius 2 is 1.83 bits per heavy atom. The van der Waals surface area contributed by atoms with Gasteiger partial charge in [-0.2, -0.15) is 5.10 Å². The molecule has 0 aliphatic heterocycles. The topological polar surface area (TPSA) is 33.6 Å². The Balaban J connectivity index is 1.62. The van der Waals surface area contributed by atoms with Crippen LogP contribution in [0.5, 0.6) is 0 Å². The molecule has 24 heavy (non-hydrogen) atoms. The van der Waals surface area contributed by atoms with E-state index in [2.05, 4.69) is 76.3 Å². The highest BCUT2D eigenvalue weighted by Gasteiger charge is 2.23. The van der Waals surface area contributed by atoms with Crippen LogP contribution in [0.4, 0.5) is 0 Å². The van der Waals surface area contributed by atoms with Gasteiger partial charge in [-0.15, -0.1) is 0 Å². The summed E-state index contributed by atoms with van der Waals surface area (Å²) >= 11 is 0. The summed E-state index contributed by atoms with van der Waals surface area (Å²) in [5.74, 6) is 0.801. The summed E-state index contributed by atoms with van der Waals surface area (Å²) in [5.41, 5.74) is 7.43. The van der Waals surface area contributed by atoms with E-state index in [1.54, 1.807) is 0 Å². The minimum atomic E-state index is 0.801. The molecule has 3 heteroatoms. The number of hydrogen-bond acceptors (Lipinski definition) is 1. The number of aromatic amines is 1. The lowest BCUT2D eigenvalue weighted by Gasteiger charge is -2.13. The van der Waals surface area contributed by atoms with E-state index in [-0.39, 0.29) is 0 Å². The monoisotopic (exact) mass is 313 g/mol. The molecular formula is C21H19N3. The van der Waals surface area contributed by atoms with E-state index in [0.717, 1.165) is 22.5 Å². The molecule has 0 spiro atoms. The molecule has 1 aliphatic rings. The largest absolute Gasteiger partial charge is 0.314 e.